The monoisotopic (exact) mass is 411 g/mol. The van der Waals surface area contributed by atoms with E-state index in [2.05, 4.69) is 39.9 Å². The first kappa shape index (κ1) is 22.3. The number of hydrogen-bond donors (Lipinski definition) is 3. The van der Waals surface area contributed by atoms with Crippen molar-refractivity contribution in [3.8, 4) is 0 Å². The van der Waals surface area contributed by atoms with E-state index < -0.39 is 0 Å². The van der Waals surface area contributed by atoms with E-state index in [4.69, 9.17) is 9.47 Å². The number of benzene rings is 2. The fraction of sp³-hybridized carbons (Fsp3) is 0.458. The molecule has 0 bridgehead atoms. The molecule has 0 aromatic heterocycles. The van der Waals surface area contributed by atoms with E-state index in [0.29, 0.717) is 26.4 Å². The molecule has 0 spiro atoms. The Morgan fingerprint density at radius 3 is 2.53 bits per heavy atom. The lowest BCUT2D eigenvalue weighted by Gasteiger charge is -2.27. The fourth-order valence-electron chi connectivity index (χ4n) is 3.71. The van der Waals surface area contributed by atoms with Crippen molar-refractivity contribution in [2.24, 2.45) is 10.4 Å². The zero-order chi connectivity index (χ0) is 21.1. The minimum absolute atomic E-state index is 0.0183. The highest BCUT2D eigenvalue weighted by Gasteiger charge is 2.34. The zero-order valence-electron chi connectivity index (χ0n) is 17.8. The summed E-state index contributed by atoms with van der Waals surface area (Å²) in [6, 6.07) is 18.5. The molecule has 1 saturated heterocycles. The van der Waals surface area contributed by atoms with Crippen LogP contribution in [0.5, 0.6) is 0 Å². The van der Waals surface area contributed by atoms with Gasteiger partial charge in [0, 0.05) is 38.8 Å². The molecular weight excluding hydrogens is 378 g/mol. The third-order valence-electron chi connectivity index (χ3n) is 5.62. The zero-order valence-corrected chi connectivity index (χ0v) is 17.8. The summed E-state index contributed by atoms with van der Waals surface area (Å²) < 4.78 is 11.5. The first-order valence-corrected chi connectivity index (χ1v) is 10.6. The van der Waals surface area contributed by atoms with Gasteiger partial charge in [0.25, 0.3) is 0 Å². The lowest BCUT2D eigenvalue weighted by atomic mass is 9.84. The molecule has 2 aromatic rings. The van der Waals surface area contributed by atoms with Crippen molar-refractivity contribution in [3.05, 3.63) is 71.3 Å². The second-order valence-electron chi connectivity index (χ2n) is 7.80. The van der Waals surface area contributed by atoms with Gasteiger partial charge in [-0.1, -0.05) is 54.6 Å². The second-order valence-corrected chi connectivity index (χ2v) is 7.80. The summed E-state index contributed by atoms with van der Waals surface area (Å²) in [5, 5.41) is 16.2. The Morgan fingerprint density at radius 2 is 1.83 bits per heavy atom. The van der Waals surface area contributed by atoms with Gasteiger partial charge >= 0.3 is 0 Å². The quantitative estimate of drug-likeness (QED) is 0.414. The van der Waals surface area contributed by atoms with E-state index in [1.807, 2.05) is 30.3 Å². The van der Waals surface area contributed by atoms with E-state index in [9.17, 15) is 5.11 Å². The number of aliphatic hydroxyl groups is 1. The van der Waals surface area contributed by atoms with Crippen LogP contribution in [-0.4, -0.2) is 44.5 Å². The number of guanidine groups is 1. The van der Waals surface area contributed by atoms with Crippen LogP contribution in [0.25, 0.3) is 0 Å². The van der Waals surface area contributed by atoms with Crippen molar-refractivity contribution >= 4 is 5.96 Å². The predicted octanol–water partition coefficient (Wildman–Crippen LogP) is 2.86. The third kappa shape index (κ3) is 6.55. The molecule has 0 amide bonds. The van der Waals surface area contributed by atoms with Crippen LogP contribution >= 0.6 is 0 Å². The minimum atomic E-state index is -0.0183. The van der Waals surface area contributed by atoms with Gasteiger partial charge in [-0.15, -0.1) is 0 Å². The number of aliphatic imine (C=N–C) groups is 1. The number of rotatable bonds is 10. The van der Waals surface area contributed by atoms with Crippen LogP contribution in [-0.2, 0) is 29.2 Å². The number of hydrogen-bond acceptors (Lipinski definition) is 4. The molecule has 6 heteroatoms. The highest BCUT2D eigenvalue weighted by atomic mass is 16.5. The Hall–Kier alpha value is -2.41. The first-order chi connectivity index (χ1) is 14.7. The summed E-state index contributed by atoms with van der Waals surface area (Å²) in [6.07, 6.45) is 1.69. The molecule has 3 N–H and O–H groups in total. The van der Waals surface area contributed by atoms with Crippen molar-refractivity contribution in [1.82, 2.24) is 10.6 Å². The van der Waals surface area contributed by atoms with Gasteiger partial charge in [-0.05, 0) is 29.5 Å². The second kappa shape index (κ2) is 11.7. The van der Waals surface area contributed by atoms with E-state index in [1.54, 1.807) is 7.05 Å². The Morgan fingerprint density at radius 1 is 1.07 bits per heavy atom. The molecule has 6 nitrogen and oxygen atoms in total. The molecule has 2 aromatic carbocycles. The molecule has 162 valence electrons. The maximum absolute atomic E-state index is 9.40. The Kier molecular flexibility index (Phi) is 8.68. The van der Waals surface area contributed by atoms with Crippen molar-refractivity contribution in [3.63, 3.8) is 0 Å². The molecule has 0 radical (unpaired) electrons. The van der Waals surface area contributed by atoms with Gasteiger partial charge in [-0.3, -0.25) is 4.99 Å². The molecule has 0 saturated carbocycles. The molecule has 1 heterocycles. The third-order valence-corrected chi connectivity index (χ3v) is 5.62. The number of nitrogens with one attached hydrogen (secondary N) is 2. The van der Waals surface area contributed by atoms with E-state index in [-0.39, 0.29) is 12.0 Å². The van der Waals surface area contributed by atoms with E-state index >= 15 is 0 Å². The Labute approximate surface area is 179 Å². The molecule has 1 unspecified atom stereocenters. The van der Waals surface area contributed by atoms with Crippen LogP contribution < -0.4 is 10.6 Å². The molecule has 1 fully saturated rings. The molecular formula is C24H33N3O3. The first-order valence-electron chi connectivity index (χ1n) is 10.6. The van der Waals surface area contributed by atoms with Crippen molar-refractivity contribution in [2.75, 3.05) is 33.4 Å². The molecule has 30 heavy (non-hydrogen) atoms. The molecule has 1 aliphatic heterocycles. The highest BCUT2D eigenvalue weighted by molar-refractivity contribution is 5.79. The molecule has 3 rings (SSSR count). The normalized spacial score (nSPS) is 19.1. The smallest absolute Gasteiger partial charge is 0.191 e. The minimum Gasteiger partial charge on any atom is -0.396 e. The number of aliphatic hydroxyl groups excluding tert-OH is 1. The number of nitrogens with zero attached hydrogens (tertiary/aromatic N) is 1. The van der Waals surface area contributed by atoms with Gasteiger partial charge in [-0.25, -0.2) is 0 Å². The predicted molar refractivity (Wildman–Crippen MR) is 119 cm³/mol. The SMILES string of the molecule is CN=C(NCc1ccccc1COCc1ccccc1)NCC1(CCO)CCOC1. The summed E-state index contributed by atoms with van der Waals surface area (Å²) in [5.74, 6) is 0.749. The number of ether oxygens (including phenoxy) is 2. The van der Waals surface area contributed by atoms with Crippen LogP contribution in [0.4, 0.5) is 0 Å². The molecule has 1 atom stereocenters. The van der Waals surface area contributed by atoms with Gasteiger partial charge in [0.2, 0.25) is 0 Å². The summed E-state index contributed by atoms with van der Waals surface area (Å²) in [4.78, 5) is 4.35. The maximum atomic E-state index is 9.40. The average Bonchev–Trinajstić information content (AvgIpc) is 3.24. The van der Waals surface area contributed by atoms with Gasteiger partial charge in [-0.2, -0.15) is 0 Å². The van der Waals surface area contributed by atoms with Crippen molar-refractivity contribution in [1.29, 1.82) is 0 Å². The van der Waals surface area contributed by atoms with E-state index in [0.717, 1.165) is 37.5 Å². The van der Waals surface area contributed by atoms with Crippen LogP contribution in [0.3, 0.4) is 0 Å². The fourth-order valence-corrected chi connectivity index (χ4v) is 3.71. The summed E-state index contributed by atoms with van der Waals surface area (Å²) in [6.45, 7) is 4.16. The summed E-state index contributed by atoms with van der Waals surface area (Å²) in [7, 11) is 1.77. The Balaban J connectivity index is 1.50. The highest BCUT2D eigenvalue weighted by Crippen LogP contribution is 2.31. The summed E-state index contributed by atoms with van der Waals surface area (Å²) in [5.41, 5.74) is 3.50. The van der Waals surface area contributed by atoms with Gasteiger partial charge in [0.05, 0.1) is 19.8 Å². The molecule has 0 aliphatic carbocycles. The largest absolute Gasteiger partial charge is 0.396 e. The van der Waals surface area contributed by atoms with Crippen molar-refractivity contribution < 1.29 is 14.6 Å². The van der Waals surface area contributed by atoms with E-state index in [1.165, 1.54) is 11.1 Å². The molecule has 1 aliphatic rings. The van der Waals surface area contributed by atoms with Crippen LogP contribution in [0.2, 0.25) is 0 Å². The summed E-state index contributed by atoms with van der Waals surface area (Å²) >= 11 is 0. The van der Waals surface area contributed by atoms with Gasteiger partial charge in [0.15, 0.2) is 5.96 Å². The van der Waals surface area contributed by atoms with Crippen LogP contribution in [0.15, 0.2) is 59.6 Å². The lowest BCUT2D eigenvalue weighted by Crippen LogP contribution is -2.44. The van der Waals surface area contributed by atoms with Gasteiger partial charge < -0.3 is 25.2 Å². The maximum Gasteiger partial charge on any atom is 0.191 e. The van der Waals surface area contributed by atoms with Crippen LogP contribution in [0.1, 0.15) is 29.5 Å². The van der Waals surface area contributed by atoms with Gasteiger partial charge in [0.1, 0.15) is 0 Å². The van der Waals surface area contributed by atoms with Crippen molar-refractivity contribution in [2.45, 2.75) is 32.6 Å². The average molecular weight is 412 g/mol. The van der Waals surface area contributed by atoms with Crippen LogP contribution in [0, 0.1) is 5.41 Å². The topological polar surface area (TPSA) is 75.1 Å². The lowest BCUT2D eigenvalue weighted by molar-refractivity contribution is 0.106. The standard InChI is InChI=1S/C24H33N3O3/c1-25-23(27-18-24(11-13-28)12-14-29-19-24)26-15-21-9-5-6-10-22(21)17-30-16-20-7-3-2-4-8-20/h2-10,28H,11-19H2,1H3,(H2,25,26,27). The Bertz CT molecular complexity index is 789.